The molecule has 0 aliphatic carbocycles. The fourth-order valence-electron chi connectivity index (χ4n) is 2.23. The zero-order chi connectivity index (χ0) is 10.8. The molecule has 3 saturated heterocycles. The van der Waals surface area contributed by atoms with E-state index in [0.717, 1.165) is 0 Å². The molecule has 1 N–H and O–H groups in total. The number of aliphatic hydroxyl groups excluding tert-OH is 1. The van der Waals surface area contributed by atoms with Crippen LogP contribution in [0.1, 0.15) is 13.8 Å². The monoisotopic (exact) mass is 216 g/mol. The Balaban J connectivity index is 1.83. The van der Waals surface area contributed by atoms with Gasteiger partial charge < -0.3 is 24.1 Å². The number of esters is 1. The molecule has 6 nitrogen and oxygen atoms in total. The summed E-state index contributed by atoms with van der Waals surface area (Å²) in [6, 6.07) is 0. The zero-order valence-electron chi connectivity index (χ0n) is 8.38. The van der Waals surface area contributed by atoms with E-state index < -0.39 is 42.5 Å². The Morgan fingerprint density at radius 2 is 1.93 bits per heavy atom. The third kappa shape index (κ3) is 1.22. The van der Waals surface area contributed by atoms with Gasteiger partial charge in [-0.05, 0) is 13.8 Å². The van der Waals surface area contributed by atoms with E-state index in [9.17, 15) is 9.90 Å². The van der Waals surface area contributed by atoms with Crippen molar-refractivity contribution in [2.24, 2.45) is 0 Å². The lowest BCUT2D eigenvalue weighted by molar-refractivity contribution is -0.214. The minimum atomic E-state index is -1.23. The van der Waals surface area contributed by atoms with E-state index in [4.69, 9.17) is 18.9 Å². The summed E-state index contributed by atoms with van der Waals surface area (Å²) in [4.78, 5) is 11.1. The quantitative estimate of drug-likeness (QED) is 0.532. The van der Waals surface area contributed by atoms with Crippen LogP contribution in [-0.4, -0.2) is 47.6 Å². The average Bonchev–Trinajstić information content (AvgIpc) is 2.66. The Morgan fingerprint density at radius 1 is 1.20 bits per heavy atom. The lowest BCUT2D eigenvalue weighted by Gasteiger charge is -2.20. The molecule has 0 saturated carbocycles. The Kier molecular flexibility index (Phi) is 1.72. The van der Waals surface area contributed by atoms with Gasteiger partial charge in [0.1, 0.15) is 6.10 Å². The molecule has 0 aromatic heterocycles. The molecule has 0 aromatic carbocycles. The van der Waals surface area contributed by atoms with Crippen LogP contribution in [0.25, 0.3) is 0 Å². The fraction of sp³-hybridized carbons (Fsp3) is 0.889. The van der Waals surface area contributed by atoms with Crippen molar-refractivity contribution in [3.63, 3.8) is 0 Å². The molecule has 15 heavy (non-hydrogen) atoms. The predicted molar refractivity (Wildman–Crippen MR) is 44.6 cm³/mol. The molecule has 84 valence electrons. The molecule has 6 heteroatoms. The van der Waals surface area contributed by atoms with Crippen LogP contribution in [0, 0.1) is 0 Å². The second-order valence-electron chi connectivity index (χ2n) is 4.42. The Morgan fingerprint density at radius 3 is 2.67 bits per heavy atom. The molecule has 3 aliphatic heterocycles. The largest absolute Gasteiger partial charge is 0.454 e. The molecule has 0 aromatic rings. The molecule has 0 amide bonds. The van der Waals surface area contributed by atoms with E-state index in [2.05, 4.69) is 0 Å². The van der Waals surface area contributed by atoms with E-state index >= 15 is 0 Å². The van der Waals surface area contributed by atoms with Gasteiger partial charge in [0.2, 0.25) is 0 Å². The van der Waals surface area contributed by atoms with Gasteiger partial charge in [-0.3, -0.25) is 0 Å². The molecular weight excluding hydrogens is 204 g/mol. The minimum Gasteiger partial charge on any atom is -0.454 e. The molecule has 0 radical (unpaired) electrons. The number of fused-ring (bicyclic) bond motifs is 3. The fourth-order valence-corrected chi connectivity index (χ4v) is 2.23. The third-order valence-electron chi connectivity index (χ3n) is 2.83. The molecule has 0 bridgehead atoms. The van der Waals surface area contributed by atoms with Crippen LogP contribution in [0.3, 0.4) is 0 Å². The van der Waals surface area contributed by atoms with Crippen molar-refractivity contribution in [2.45, 2.75) is 50.3 Å². The van der Waals surface area contributed by atoms with E-state index in [1.54, 1.807) is 13.8 Å². The van der Waals surface area contributed by atoms with Gasteiger partial charge in [0.25, 0.3) is 0 Å². The number of carbonyl (C=O) groups is 1. The summed E-state index contributed by atoms with van der Waals surface area (Å²) in [5, 5.41) is 9.44. The predicted octanol–water partition coefficient (Wildman–Crippen LogP) is -0.851. The number of ether oxygens (including phenoxy) is 4. The Hall–Kier alpha value is -0.690. The van der Waals surface area contributed by atoms with Gasteiger partial charge in [0.05, 0.1) is 0 Å². The number of rotatable bonds is 0. The highest BCUT2D eigenvalue weighted by Crippen LogP contribution is 2.42. The van der Waals surface area contributed by atoms with Gasteiger partial charge in [-0.1, -0.05) is 0 Å². The molecule has 3 rings (SSSR count). The van der Waals surface area contributed by atoms with Crippen molar-refractivity contribution < 1.29 is 28.8 Å². The second kappa shape index (κ2) is 2.70. The Bertz CT molecular complexity index is 314. The van der Waals surface area contributed by atoms with E-state index in [-0.39, 0.29) is 0 Å². The van der Waals surface area contributed by atoms with Gasteiger partial charge in [0, 0.05) is 0 Å². The lowest BCUT2D eigenvalue weighted by Crippen LogP contribution is -2.35. The van der Waals surface area contributed by atoms with Crippen LogP contribution in [0.15, 0.2) is 0 Å². The van der Waals surface area contributed by atoms with Crippen molar-refractivity contribution >= 4 is 5.97 Å². The van der Waals surface area contributed by atoms with E-state index in [1.807, 2.05) is 0 Å². The van der Waals surface area contributed by atoms with Crippen molar-refractivity contribution in [3.8, 4) is 0 Å². The number of hydrogen-bond donors (Lipinski definition) is 1. The van der Waals surface area contributed by atoms with E-state index in [1.165, 1.54) is 0 Å². The summed E-state index contributed by atoms with van der Waals surface area (Å²) < 4.78 is 21.4. The van der Waals surface area contributed by atoms with Gasteiger partial charge in [-0.2, -0.15) is 0 Å². The first-order valence-corrected chi connectivity index (χ1v) is 4.88. The van der Waals surface area contributed by atoms with Gasteiger partial charge in [-0.15, -0.1) is 0 Å². The van der Waals surface area contributed by atoms with Crippen LogP contribution in [0.2, 0.25) is 0 Å². The molecule has 3 fully saturated rings. The van der Waals surface area contributed by atoms with Crippen LogP contribution in [0.4, 0.5) is 0 Å². The summed E-state index contributed by atoms with van der Waals surface area (Å²) in [5.74, 6) is -1.39. The highest BCUT2D eigenvalue weighted by molar-refractivity contribution is 5.78. The summed E-state index contributed by atoms with van der Waals surface area (Å²) in [6.07, 6.45) is -3.44. The van der Waals surface area contributed by atoms with Crippen molar-refractivity contribution in [3.05, 3.63) is 0 Å². The van der Waals surface area contributed by atoms with Crippen LogP contribution in [-0.2, 0) is 23.7 Å². The molecule has 5 atom stereocenters. The Labute approximate surface area is 86.1 Å². The second-order valence-corrected chi connectivity index (χ2v) is 4.42. The number of carbonyl (C=O) groups excluding carboxylic acids is 1. The molecule has 0 spiro atoms. The van der Waals surface area contributed by atoms with Gasteiger partial charge in [-0.25, -0.2) is 4.79 Å². The summed E-state index contributed by atoms with van der Waals surface area (Å²) in [7, 11) is 0. The van der Waals surface area contributed by atoms with Crippen molar-refractivity contribution in [1.29, 1.82) is 0 Å². The smallest absolute Gasteiger partial charge is 0.338 e. The van der Waals surface area contributed by atoms with Crippen molar-refractivity contribution in [2.75, 3.05) is 0 Å². The van der Waals surface area contributed by atoms with Crippen LogP contribution in [0.5, 0.6) is 0 Å². The zero-order valence-corrected chi connectivity index (χ0v) is 8.38. The maximum atomic E-state index is 11.1. The number of aliphatic hydroxyl groups is 1. The first kappa shape index (κ1) is 9.53. The highest BCUT2D eigenvalue weighted by atomic mass is 16.8. The molecule has 3 aliphatic rings. The molecule has 3 heterocycles. The SMILES string of the molecule is CC1(C)OC2OC3[C@H](O)C(=O)O[C@@H]3[C@H]2O1. The summed E-state index contributed by atoms with van der Waals surface area (Å²) in [6.45, 7) is 3.52. The highest BCUT2D eigenvalue weighted by Gasteiger charge is 2.62. The molecule has 2 unspecified atom stereocenters. The normalized spacial score (nSPS) is 51.4. The topological polar surface area (TPSA) is 74.2 Å². The van der Waals surface area contributed by atoms with Gasteiger partial charge >= 0.3 is 5.97 Å². The first-order chi connectivity index (χ1) is 6.98. The van der Waals surface area contributed by atoms with Gasteiger partial charge in [0.15, 0.2) is 30.4 Å². The van der Waals surface area contributed by atoms with E-state index in [0.29, 0.717) is 0 Å². The summed E-state index contributed by atoms with van der Waals surface area (Å²) in [5.41, 5.74) is 0. The van der Waals surface area contributed by atoms with Crippen molar-refractivity contribution in [1.82, 2.24) is 0 Å². The standard InChI is InChI=1S/C9H12O6/c1-9(2)14-6-5-4(13-8(6)15-9)3(10)7(11)12-5/h3-6,8,10H,1-2H3/t3-,4?,5-,6+,8?/m0/s1. The molecular formula is C9H12O6. The maximum absolute atomic E-state index is 11.1. The summed E-state index contributed by atoms with van der Waals surface area (Å²) >= 11 is 0. The first-order valence-electron chi connectivity index (χ1n) is 4.88. The average molecular weight is 216 g/mol. The minimum absolute atomic E-state index is 0.439. The maximum Gasteiger partial charge on any atom is 0.338 e. The number of hydrogen-bond acceptors (Lipinski definition) is 6. The third-order valence-corrected chi connectivity index (χ3v) is 2.83. The van der Waals surface area contributed by atoms with Crippen LogP contribution >= 0.6 is 0 Å². The lowest BCUT2D eigenvalue weighted by atomic mass is 10.1. The van der Waals surface area contributed by atoms with Crippen LogP contribution < -0.4 is 0 Å².